The van der Waals surface area contributed by atoms with Crippen molar-refractivity contribution in [3.8, 4) is 5.75 Å². The van der Waals surface area contributed by atoms with E-state index in [2.05, 4.69) is 21.0 Å². The van der Waals surface area contributed by atoms with Crippen LogP contribution in [0, 0.1) is 5.92 Å². The Morgan fingerprint density at radius 3 is 2.56 bits per heavy atom. The average molecular weight is 612 g/mol. The number of methoxy groups -OCH3 is 1. The molecule has 230 valence electrons. The number of hydrogen-bond acceptors (Lipinski definition) is 10. The van der Waals surface area contributed by atoms with Gasteiger partial charge in [0.1, 0.15) is 23.9 Å². The number of carbonyl (C=O) groups excluding carboxylic acids is 4. The Morgan fingerprint density at radius 1 is 1.17 bits per heavy atom. The predicted molar refractivity (Wildman–Crippen MR) is 163 cm³/mol. The number of carbonyl (C=O) groups is 4. The monoisotopic (exact) mass is 611 g/mol. The second kappa shape index (κ2) is 18.1. The van der Waals surface area contributed by atoms with Crippen molar-refractivity contribution in [2.24, 2.45) is 5.92 Å². The molecule has 1 unspecified atom stereocenters. The van der Waals surface area contributed by atoms with Crippen LogP contribution in [-0.2, 0) is 30.3 Å². The molecule has 1 heterocycles. The van der Waals surface area contributed by atoms with E-state index in [1.165, 1.54) is 24.3 Å². The standard InChI is InChI=1S/C28H45N5O6S2/c1-19(2)25(30-24(35)12-8-15-40-41-16-14-32(3)4)26(36)29-23(18-20-9-6-10-21(34)17-20)27(37)33-13-7-11-22(31-33)28(38)39-5/h6,9-10,17,19,22-23,25,31,34H,7-8,11-16,18H2,1-5H3,(H,29,36)(H,30,35)/t22-,23-,25?/m0/s1. The van der Waals surface area contributed by atoms with Gasteiger partial charge in [0.15, 0.2) is 0 Å². The maximum Gasteiger partial charge on any atom is 0.324 e. The van der Waals surface area contributed by atoms with Gasteiger partial charge in [-0.3, -0.25) is 24.2 Å². The Morgan fingerprint density at radius 2 is 1.90 bits per heavy atom. The third kappa shape index (κ3) is 12.5. The number of nitrogens with zero attached hydrogens (tertiary/aromatic N) is 2. The molecule has 3 atom stereocenters. The lowest BCUT2D eigenvalue weighted by Crippen LogP contribution is -2.62. The summed E-state index contributed by atoms with van der Waals surface area (Å²) in [6.07, 6.45) is 2.22. The Bertz CT molecular complexity index is 1010. The summed E-state index contributed by atoms with van der Waals surface area (Å²) in [4.78, 5) is 54.0. The molecular weight excluding hydrogens is 566 g/mol. The third-order valence-electron chi connectivity index (χ3n) is 6.51. The smallest absolute Gasteiger partial charge is 0.324 e. The summed E-state index contributed by atoms with van der Waals surface area (Å²) >= 11 is 0. The summed E-state index contributed by atoms with van der Waals surface area (Å²) in [5.74, 6) is 0.0936. The lowest BCUT2D eigenvalue weighted by molar-refractivity contribution is -0.151. The molecule has 1 saturated heterocycles. The van der Waals surface area contributed by atoms with E-state index < -0.39 is 35.9 Å². The van der Waals surface area contributed by atoms with Gasteiger partial charge in [0, 0.05) is 37.4 Å². The second-order valence-corrected chi connectivity index (χ2v) is 13.3. The maximum absolute atomic E-state index is 13.6. The fourth-order valence-corrected chi connectivity index (χ4v) is 6.46. The zero-order valence-electron chi connectivity index (χ0n) is 24.7. The number of rotatable bonds is 16. The number of ether oxygens (including phenoxy) is 1. The highest BCUT2D eigenvalue weighted by Crippen LogP contribution is 2.22. The minimum absolute atomic E-state index is 0.0449. The SMILES string of the molecule is COC(=O)[C@@H]1CCCN(C(=O)[C@H](Cc2cccc(O)c2)NC(=O)C(NC(=O)CCCSSCCN(C)C)C(C)C)N1. The van der Waals surface area contributed by atoms with E-state index in [4.69, 9.17) is 4.74 Å². The van der Waals surface area contributed by atoms with Gasteiger partial charge in [-0.1, -0.05) is 47.6 Å². The molecule has 0 bridgehead atoms. The summed E-state index contributed by atoms with van der Waals surface area (Å²) in [6.45, 7) is 5.02. The van der Waals surface area contributed by atoms with E-state index in [0.717, 1.165) is 18.1 Å². The average Bonchev–Trinajstić information content (AvgIpc) is 2.93. The third-order valence-corrected chi connectivity index (χ3v) is 8.98. The second-order valence-electron chi connectivity index (χ2n) is 10.6. The van der Waals surface area contributed by atoms with Gasteiger partial charge in [0.05, 0.1) is 7.11 Å². The first-order valence-electron chi connectivity index (χ1n) is 13.9. The van der Waals surface area contributed by atoms with Crippen molar-refractivity contribution in [2.75, 3.05) is 45.8 Å². The van der Waals surface area contributed by atoms with E-state index in [1.807, 2.05) is 27.9 Å². The molecular formula is C28H45N5O6S2. The quantitative estimate of drug-likeness (QED) is 0.125. The highest BCUT2D eigenvalue weighted by Gasteiger charge is 2.34. The van der Waals surface area contributed by atoms with Crippen molar-refractivity contribution in [2.45, 2.75) is 64.1 Å². The summed E-state index contributed by atoms with van der Waals surface area (Å²) in [5.41, 5.74) is 3.57. The number of nitrogens with one attached hydrogen (secondary N) is 3. The molecule has 1 aromatic rings. The Hall–Kier alpha value is -2.48. The normalized spacial score (nSPS) is 16.8. The van der Waals surface area contributed by atoms with E-state index in [9.17, 15) is 24.3 Å². The first-order valence-corrected chi connectivity index (χ1v) is 16.4. The van der Waals surface area contributed by atoms with E-state index >= 15 is 0 Å². The fraction of sp³-hybridized carbons (Fsp3) is 0.643. The zero-order chi connectivity index (χ0) is 30.4. The lowest BCUT2D eigenvalue weighted by Gasteiger charge is -2.35. The van der Waals surface area contributed by atoms with Crippen LogP contribution in [0.4, 0.5) is 0 Å². The summed E-state index contributed by atoms with van der Waals surface area (Å²) in [6, 6.07) is 3.98. The molecule has 41 heavy (non-hydrogen) atoms. The van der Waals surface area contributed by atoms with E-state index in [0.29, 0.717) is 37.8 Å². The number of amides is 3. The molecule has 0 aromatic heterocycles. The minimum Gasteiger partial charge on any atom is -0.508 e. The first-order chi connectivity index (χ1) is 19.5. The summed E-state index contributed by atoms with van der Waals surface area (Å²) < 4.78 is 4.83. The summed E-state index contributed by atoms with van der Waals surface area (Å²) in [7, 11) is 8.87. The number of phenolic OH excluding ortho intramolecular Hbond substituents is 1. The molecule has 0 radical (unpaired) electrons. The van der Waals surface area contributed by atoms with Gasteiger partial charge in [0.2, 0.25) is 11.8 Å². The molecule has 11 nitrogen and oxygen atoms in total. The fourth-order valence-electron chi connectivity index (χ4n) is 4.24. The molecule has 1 aliphatic heterocycles. The first kappa shape index (κ1) is 34.7. The van der Waals surface area contributed by atoms with Crippen molar-refractivity contribution >= 4 is 45.3 Å². The Labute approximate surface area is 251 Å². The molecule has 0 aliphatic carbocycles. The molecule has 1 aliphatic rings. The van der Waals surface area contributed by atoms with Crippen LogP contribution in [0.25, 0.3) is 0 Å². The molecule has 1 aromatic carbocycles. The zero-order valence-corrected chi connectivity index (χ0v) is 26.3. The predicted octanol–water partition coefficient (Wildman–Crippen LogP) is 1.95. The van der Waals surface area contributed by atoms with Crippen LogP contribution >= 0.6 is 21.6 Å². The van der Waals surface area contributed by atoms with Crippen LogP contribution in [0.2, 0.25) is 0 Å². The van der Waals surface area contributed by atoms with Crippen molar-refractivity contribution in [3.63, 3.8) is 0 Å². The van der Waals surface area contributed by atoms with Crippen LogP contribution in [0.1, 0.15) is 45.1 Å². The molecule has 2 rings (SSSR count). The summed E-state index contributed by atoms with van der Waals surface area (Å²) in [5, 5.41) is 17.0. The topological polar surface area (TPSA) is 140 Å². The largest absolute Gasteiger partial charge is 0.508 e. The number of esters is 1. The maximum atomic E-state index is 13.6. The van der Waals surface area contributed by atoms with Gasteiger partial charge in [-0.25, -0.2) is 5.43 Å². The Kier molecular flexibility index (Phi) is 15.4. The number of benzene rings is 1. The number of hydrazine groups is 1. The minimum atomic E-state index is -0.998. The van der Waals surface area contributed by atoms with Crippen molar-refractivity contribution in [1.82, 2.24) is 26.0 Å². The highest BCUT2D eigenvalue weighted by molar-refractivity contribution is 8.76. The molecule has 0 spiro atoms. The number of hydrogen-bond donors (Lipinski definition) is 4. The molecule has 13 heteroatoms. The number of aromatic hydroxyl groups is 1. The van der Waals surface area contributed by atoms with Gasteiger partial charge in [-0.15, -0.1) is 0 Å². The highest BCUT2D eigenvalue weighted by atomic mass is 33.1. The lowest BCUT2D eigenvalue weighted by atomic mass is 10.00. The van der Waals surface area contributed by atoms with E-state index in [-0.39, 0.29) is 24.0 Å². The van der Waals surface area contributed by atoms with Crippen LogP contribution in [0.3, 0.4) is 0 Å². The van der Waals surface area contributed by atoms with Crippen LogP contribution in [-0.4, -0.2) is 103 Å². The van der Waals surface area contributed by atoms with Gasteiger partial charge in [-0.2, -0.15) is 0 Å². The molecule has 0 saturated carbocycles. The van der Waals surface area contributed by atoms with Gasteiger partial charge in [-0.05, 0) is 57.0 Å². The Balaban J connectivity index is 2.05. The van der Waals surface area contributed by atoms with Gasteiger partial charge in [0.25, 0.3) is 5.91 Å². The van der Waals surface area contributed by atoms with Crippen LogP contribution in [0.15, 0.2) is 24.3 Å². The molecule has 3 amide bonds. The van der Waals surface area contributed by atoms with Gasteiger partial charge < -0.3 is 25.4 Å². The van der Waals surface area contributed by atoms with Crippen molar-refractivity contribution < 1.29 is 29.0 Å². The van der Waals surface area contributed by atoms with Crippen LogP contribution in [0.5, 0.6) is 5.75 Å². The number of phenols is 1. The van der Waals surface area contributed by atoms with Crippen LogP contribution < -0.4 is 16.1 Å². The van der Waals surface area contributed by atoms with Gasteiger partial charge >= 0.3 is 5.97 Å². The van der Waals surface area contributed by atoms with Crippen molar-refractivity contribution in [1.29, 1.82) is 0 Å². The van der Waals surface area contributed by atoms with E-state index in [1.54, 1.807) is 33.7 Å². The molecule has 4 N–H and O–H groups in total. The molecule has 1 fully saturated rings. The van der Waals surface area contributed by atoms with Crippen molar-refractivity contribution in [3.05, 3.63) is 29.8 Å².